The molecule has 3 nitrogen and oxygen atoms in total. The second-order valence-electron chi connectivity index (χ2n) is 4.05. The number of β-amino-alcohol motifs (C(OH)–C–C–N with tert-alkyl or cyclic N) is 1. The number of rotatable bonds is 2. The Kier molecular flexibility index (Phi) is 2.23. The van der Waals surface area contributed by atoms with Crippen LogP contribution in [0.5, 0.6) is 0 Å². The van der Waals surface area contributed by atoms with Crippen LogP contribution in [0.15, 0.2) is 0 Å². The highest BCUT2D eigenvalue weighted by molar-refractivity contribution is 4.99. The van der Waals surface area contributed by atoms with Crippen molar-refractivity contribution in [3.8, 4) is 0 Å². The van der Waals surface area contributed by atoms with Crippen LogP contribution >= 0.6 is 0 Å². The zero-order valence-corrected chi connectivity index (χ0v) is 7.35. The van der Waals surface area contributed by atoms with E-state index in [1.807, 2.05) is 13.8 Å². The van der Waals surface area contributed by atoms with Crippen LogP contribution in [0.25, 0.3) is 0 Å². The summed E-state index contributed by atoms with van der Waals surface area (Å²) in [4.78, 5) is 0. The highest BCUT2D eigenvalue weighted by Crippen LogP contribution is 2.34. The van der Waals surface area contributed by atoms with E-state index in [1.54, 1.807) is 0 Å². The van der Waals surface area contributed by atoms with Crippen LogP contribution in [0.3, 0.4) is 0 Å². The molecule has 66 valence electrons. The average Bonchev–Trinajstić information content (AvgIpc) is 2.38. The zero-order chi connectivity index (χ0) is 8.54. The molecule has 0 aliphatic carbocycles. The van der Waals surface area contributed by atoms with Crippen molar-refractivity contribution in [3.05, 3.63) is 0 Å². The van der Waals surface area contributed by atoms with Crippen molar-refractivity contribution < 1.29 is 5.11 Å². The number of hydrogen-bond acceptors (Lipinski definition) is 3. The summed E-state index contributed by atoms with van der Waals surface area (Å²) in [6.07, 6.45) is 0.817. The first kappa shape index (κ1) is 8.97. The van der Waals surface area contributed by atoms with Gasteiger partial charge in [0.1, 0.15) is 0 Å². The second-order valence-corrected chi connectivity index (χ2v) is 4.05. The quantitative estimate of drug-likeness (QED) is 0.517. The first-order chi connectivity index (χ1) is 5.02. The lowest BCUT2D eigenvalue weighted by atomic mass is 9.74. The fourth-order valence-corrected chi connectivity index (χ4v) is 1.45. The molecule has 1 saturated heterocycles. The molecule has 0 spiro atoms. The Balaban J connectivity index is 2.69. The predicted octanol–water partition coefficient (Wildman–Crippen LogP) is -0.304. The fraction of sp³-hybridized carbons (Fsp3) is 1.00. The molecule has 1 fully saturated rings. The Bertz CT molecular complexity index is 139. The molecule has 1 heterocycles. The number of aliphatic hydroxyl groups is 1. The van der Waals surface area contributed by atoms with Gasteiger partial charge in [0.2, 0.25) is 0 Å². The molecule has 3 heteroatoms. The van der Waals surface area contributed by atoms with Gasteiger partial charge in [0.25, 0.3) is 0 Å². The van der Waals surface area contributed by atoms with Gasteiger partial charge in [0.05, 0.1) is 5.60 Å². The summed E-state index contributed by atoms with van der Waals surface area (Å²) >= 11 is 0. The molecule has 1 unspecified atom stereocenters. The number of nitrogens with one attached hydrogen (secondary N) is 1. The molecule has 1 rings (SSSR count). The Hall–Kier alpha value is -0.120. The summed E-state index contributed by atoms with van der Waals surface area (Å²) < 4.78 is 0. The molecule has 4 N–H and O–H groups in total. The first-order valence-corrected chi connectivity index (χ1v) is 4.15. The molecule has 0 amide bonds. The monoisotopic (exact) mass is 158 g/mol. The van der Waals surface area contributed by atoms with Gasteiger partial charge in [-0.3, -0.25) is 0 Å². The van der Waals surface area contributed by atoms with Gasteiger partial charge in [-0.05, 0) is 13.0 Å². The standard InChI is InChI=1S/C8H18N2O/c1-7(2,5-9)8(11)3-4-10-6-8/h10-11H,3-6,9H2,1-2H3. The minimum Gasteiger partial charge on any atom is -0.388 e. The van der Waals surface area contributed by atoms with E-state index < -0.39 is 5.60 Å². The van der Waals surface area contributed by atoms with E-state index in [0.29, 0.717) is 13.1 Å². The summed E-state index contributed by atoms with van der Waals surface area (Å²) in [7, 11) is 0. The summed E-state index contributed by atoms with van der Waals surface area (Å²) in [5.74, 6) is 0. The van der Waals surface area contributed by atoms with Gasteiger partial charge in [0, 0.05) is 18.5 Å². The van der Waals surface area contributed by atoms with Crippen LogP contribution in [-0.2, 0) is 0 Å². The highest BCUT2D eigenvalue weighted by Gasteiger charge is 2.44. The largest absolute Gasteiger partial charge is 0.388 e. The third-order valence-electron chi connectivity index (χ3n) is 2.90. The highest BCUT2D eigenvalue weighted by atomic mass is 16.3. The minimum atomic E-state index is -0.595. The van der Waals surface area contributed by atoms with E-state index in [1.165, 1.54) is 0 Å². The lowest BCUT2D eigenvalue weighted by Gasteiger charge is -2.38. The smallest absolute Gasteiger partial charge is 0.0846 e. The maximum atomic E-state index is 10.1. The normalized spacial score (nSPS) is 32.7. The van der Waals surface area contributed by atoms with Crippen LogP contribution in [-0.4, -0.2) is 30.3 Å². The molecule has 1 aliphatic heterocycles. The molecule has 0 bridgehead atoms. The molecule has 0 saturated carbocycles. The molecular formula is C8H18N2O. The molecule has 0 aromatic carbocycles. The Morgan fingerprint density at radius 2 is 2.27 bits per heavy atom. The third-order valence-corrected chi connectivity index (χ3v) is 2.90. The molecular weight excluding hydrogens is 140 g/mol. The van der Waals surface area contributed by atoms with Gasteiger partial charge in [-0.2, -0.15) is 0 Å². The lowest BCUT2D eigenvalue weighted by molar-refractivity contribution is -0.0445. The van der Waals surface area contributed by atoms with Gasteiger partial charge in [-0.1, -0.05) is 13.8 Å². The van der Waals surface area contributed by atoms with Gasteiger partial charge < -0.3 is 16.2 Å². The van der Waals surface area contributed by atoms with Crippen LogP contribution in [0, 0.1) is 5.41 Å². The van der Waals surface area contributed by atoms with E-state index >= 15 is 0 Å². The van der Waals surface area contributed by atoms with E-state index in [4.69, 9.17) is 5.73 Å². The summed E-state index contributed by atoms with van der Waals surface area (Å²) in [6.45, 7) is 6.14. The fourth-order valence-electron chi connectivity index (χ4n) is 1.45. The topological polar surface area (TPSA) is 58.3 Å². The van der Waals surface area contributed by atoms with Crippen molar-refractivity contribution in [1.29, 1.82) is 0 Å². The van der Waals surface area contributed by atoms with E-state index in [-0.39, 0.29) is 5.41 Å². The molecule has 1 aliphatic rings. The SMILES string of the molecule is CC(C)(CN)C1(O)CCNC1. The zero-order valence-electron chi connectivity index (χ0n) is 7.35. The van der Waals surface area contributed by atoms with Crippen molar-refractivity contribution in [3.63, 3.8) is 0 Å². The van der Waals surface area contributed by atoms with Crippen LogP contribution in [0.4, 0.5) is 0 Å². The Labute approximate surface area is 68.0 Å². The molecule has 0 aromatic rings. The van der Waals surface area contributed by atoms with E-state index in [9.17, 15) is 5.11 Å². The van der Waals surface area contributed by atoms with Crippen LogP contribution < -0.4 is 11.1 Å². The molecule has 1 atom stereocenters. The predicted molar refractivity (Wildman–Crippen MR) is 45.3 cm³/mol. The second kappa shape index (κ2) is 2.73. The van der Waals surface area contributed by atoms with Gasteiger partial charge in [-0.25, -0.2) is 0 Å². The van der Waals surface area contributed by atoms with E-state index in [0.717, 1.165) is 13.0 Å². The maximum absolute atomic E-state index is 10.1. The van der Waals surface area contributed by atoms with Crippen LogP contribution in [0.1, 0.15) is 20.3 Å². The first-order valence-electron chi connectivity index (χ1n) is 4.15. The average molecular weight is 158 g/mol. The Morgan fingerprint density at radius 3 is 2.64 bits per heavy atom. The van der Waals surface area contributed by atoms with Gasteiger partial charge in [-0.15, -0.1) is 0 Å². The van der Waals surface area contributed by atoms with Crippen molar-refractivity contribution >= 4 is 0 Å². The number of hydrogen-bond donors (Lipinski definition) is 3. The minimum absolute atomic E-state index is 0.170. The van der Waals surface area contributed by atoms with Crippen molar-refractivity contribution in [1.82, 2.24) is 5.32 Å². The van der Waals surface area contributed by atoms with E-state index in [2.05, 4.69) is 5.32 Å². The Morgan fingerprint density at radius 1 is 1.64 bits per heavy atom. The van der Waals surface area contributed by atoms with Gasteiger partial charge in [0.15, 0.2) is 0 Å². The number of nitrogens with two attached hydrogens (primary N) is 1. The molecule has 11 heavy (non-hydrogen) atoms. The van der Waals surface area contributed by atoms with Crippen molar-refractivity contribution in [2.45, 2.75) is 25.9 Å². The summed E-state index contributed by atoms with van der Waals surface area (Å²) in [6, 6.07) is 0. The summed E-state index contributed by atoms with van der Waals surface area (Å²) in [5.41, 5.74) is 4.82. The maximum Gasteiger partial charge on any atom is 0.0846 e. The summed E-state index contributed by atoms with van der Waals surface area (Å²) in [5, 5.41) is 13.2. The lowest BCUT2D eigenvalue weighted by Crippen LogP contribution is -2.50. The van der Waals surface area contributed by atoms with Crippen molar-refractivity contribution in [2.75, 3.05) is 19.6 Å². The molecule has 0 radical (unpaired) electrons. The van der Waals surface area contributed by atoms with Crippen LogP contribution in [0.2, 0.25) is 0 Å². The molecule has 0 aromatic heterocycles. The third kappa shape index (κ3) is 1.41. The van der Waals surface area contributed by atoms with Crippen molar-refractivity contribution in [2.24, 2.45) is 11.1 Å². The van der Waals surface area contributed by atoms with Gasteiger partial charge >= 0.3 is 0 Å².